The summed E-state index contributed by atoms with van der Waals surface area (Å²) in [7, 11) is 0. The highest BCUT2D eigenvalue weighted by atomic mass is 16.6. The lowest BCUT2D eigenvalue weighted by Gasteiger charge is -2.12. The van der Waals surface area contributed by atoms with Gasteiger partial charge in [-0.2, -0.15) is 4.99 Å². The first kappa shape index (κ1) is 14.7. The standard InChI is InChI=1S/C14H16N4O3/c1-8-6-11(9-4-2-3-5-9)12(18(20)21)7-10(8)13(19)17-14(15)16/h2,4,6-7,9H,3,5H2,1H3,(H4,15,16,17,19). The molecular weight excluding hydrogens is 272 g/mol. The van der Waals surface area contributed by atoms with Crippen molar-refractivity contribution in [2.75, 3.05) is 0 Å². The molecule has 4 N–H and O–H groups in total. The number of carbonyl (C=O) groups is 1. The molecule has 1 unspecified atom stereocenters. The number of nitrogens with two attached hydrogens (primary N) is 2. The van der Waals surface area contributed by atoms with E-state index >= 15 is 0 Å². The lowest BCUT2D eigenvalue weighted by atomic mass is 9.92. The highest BCUT2D eigenvalue weighted by molar-refractivity contribution is 6.03. The van der Waals surface area contributed by atoms with Gasteiger partial charge in [-0.1, -0.05) is 12.2 Å². The minimum atomic E-state index is -0.677. The maximum absolute atomic E-state index is 11.9. The number of nitro benzene ring substituents is 1. The summed E-state index contributed by atoms with van der Waals surface area (Å²) in [6.45, 7) is 1.71. The van der Waals surface area contributed by atoms with Crippen LogP contribution >= 0.6 is 0 Å². The summed E-state index contributed by atoms with van der Waals surface area (Å²) in [5.41, 5.74) is 11.6. The van der Waals surface area contributed by atoms with Gasteiger partial charge in [0.15, 0.2) is 5.96 Å². The Morgan fingerprint density at radius 1 is 1.43 bits per heavy atom. The summed E-state index contributed by atoms with van der Waals surface area (Å²) in [4.78, 5) is 26.1. The van der Waals surface area contributed by atoms with Crippen LogP contribution in [0.25, 0.3) is 0 Å². The summed E-state index contributed by atoms with van der Waals surface area (Å²) in [6, 6.07) is 2.93. The maximum Gasteiger partial charge on any atom is 0.280 e. The highest BCUT2D eigenvalue weighted by Crippen LogP contribution is 2.36. The Morgan fingerprint density at radius 2 is 2.14 bits per heavy atom. The predicted molar refractivity (Wildman–Crippen MR) is 79.1 cm³/mol. The fourth-order valence-electron chi connectivity index (χ4n) is 2.47. The SMILES string of the molecule is Cc1cc(C2C=CCC2)c([N+](=O)[O-])cc1C(=O)N=C(N)N. The average molecular weight is 288 g/mol. The van der Waals surface area contributed by atoms with Crippen molar-refractivity contribution in [2.45, 2.75) is 25.7 Å². The molecule has 7 heteroatoms. The Balaban J connectivity index is 2.53. The minimum absolute atomic E-state index is 0.0105. The van der Waals surface area contributed by atoms with E-state index < -0.39 is 10.8 Å². The van der Waals surface area contributed by atoms with Crippen LogP contribution in [0.3, 0.4) is 0 Å². The van der Waals surface area contributed by atoms with Crippen molar-refractivity contribution < 1.29 is 9.72 Å². The molecule has 0 bridgehead atoms. The van der Waals surface area contributed by atoms with Gasteiger partial charge >= 0.3 is 0 Å². The number of amides is 1. The van der Waals surface area contributed by atoms with Gasteiger partial charge in [0, 0.05) is 17.5 Å². The maximum atomic E-state index is 11.9. The molecule has 0 aliphatic heterocycles. The van der Waals surface area contributed by atoms with E-state index in [9.17, 15) is 14.9 Å². The van der Waals surface area contributed by atoms with Gasteiger partial charge in [0.05, 0.1) is 10.5 Å². The Morgan fingerprint density at radius 3 is 2.67 bits per heavy atom. The lowest BCUT2D eigenvalue weighted by molar-refractivity contribution is -0.385. The molecule has 1 atom stereocenters. The van der Waals surface area contributed by atoms with Crippen molar-refractivity contribution in [3.05, 3.63) is 51.1 Å². The van der Waals surface area contributed by atoms with Crippen LogP contribution in [0, 0.1) is 17.0 Å². The molecule has 1 aliphatic carbocycles. The lowest BCUT2D eigenvalue weighted by Crippen LogP contribution is -2.24. The van der Waals surface area contributed by atoms with E-state index in [0.29, 0.717) is 11.1 Å². The van der Waals surface area contributed by atoms with Gasteiger partial charge < -0.3 is 11.5 Å². The first-order valence-corrected chi connectivity index (χ1v) is 6.49. The molecule has 110 valence electrons. The summed E-state index contributed by atoms with van der Waals surface area (Å²) < 4.78 is 0. The van der Waals surface area contributed by atoms with Crippen LogP contribution in [-0.4, -0.2) is 16.8 Å². The Bertz CT molecular complexity index is 660. The summed E-state index contributed by atoms with van der Waals surface area (Å²) >= 11 is 0. The second-order valence-corrected chi connectivity index (χ2v) is 4.94. The number of rotatable bonds is 3. The van der Waals surface area contributed by atoms with Gasteiger partial charge in [0.25, 0.3) is 11.6 Å². The second kappa shape index (κ2) is 5.74. The Hall–Kier alpha value is -2.70. The van der Waals surface area contributed by atoms with Crippen LogP contribution < -0.4 is 11.5 Å². The molecule has 1 aliphatic rings. The van der Waals surface area contributed by atoms with Crippen molar-refractivity contribution in [2.24, 2.45) is 16.5 Å². The topological polar surface area (TPSA) is 125 Å². The first-order valence-electron chi connectivity index (χ1n) is 6.49. The van der Waals surface area contributed by atoms with Gasteiger partial charge in [-0.3, -0.25) is 14.9 Å². The third-order valence-corrected chi connectivity index (χ3v) is 3.44. The molecule has 0 heterocycles. The predicted octanol–water partition coefficient (Wildman–Crippen LogP) is 1.75. The van der Waals surface area contributed by atoms with Crippen molar-refractivity contribution in [1.82, 2.24) is 0 Å². The normalized spacial score (nSPS) is 16.7. The fourth-order valence-corrected chi connectivity index (χ4v) is 2.47. The molecule has 1 aromatic rings. The van der Waals surface area contributed by atoms with Crippen molar-refractivity contribution in [3.63, 3.8) is 0 Å². The number of allylic oxidation sites excluding steroid dienone is 2. The number of guanidine groups is 1. The van der Waals surface area contributed by atoms with E-state index in [2.05, 4.69) is 4.99 Å². The summed E-state index contributed by atoms with van der Waals surface area (Å²) in [5, 5.41) is 11.3. The number of aliphatic imine (C=N–C) groups is 1. The summed E-state index contributed by atoms with van der Waals surface area (Å²) in [6.07, 6.45) is 5.69. The van der Waals surface area contributed by atoms with Crippen LogP contribution in [0.1, 0.15) is 40.2 Å². The van der Waals surface area contributed by atoms with Gasteiger partial charge in [-0.15, -0.1) is 0 Å². The van der Waals surface area contributed by atoms with E-state index in [1.54, 1.807) is 13.0 Å². The van der Waals surface area contributed by atoms with Crippen LogP contribution in [0.5, 0.6) is 0 Å². The number of hydrogen-bond donors (Lipinski definition) is 2. The Kier molecular flexibility index (Phi) is 4.02. The number of carbonyl (C=O) groups excluding carboxylic acids is 1. The molecule has 0 saturated carbocycles. The number of aryl methyl sites for hydroxylation is 1. The summed E-state index contributed by atoms with van der Waals surface area (Å²) in [5.74, 6) is -1.04. The van der Waals surface area contributed by atoms with Crippen LogP contribution in [0.4, 0.5) is 5.69 Å². The van der Waals surface area contributed by atoms with Gasteiger partial charge in [-0.25, -0.2) is 0 Å². The van der Waals surface area contributed by atoms with Crippen LogP contribution in [0.15, 0.2) is 29.3 Å². The molecular formula is C14H16N4O3. The fraction of sp³-hybridized carbons (Fsp3) is 0.286. The minimum Gasteiger partial charge on any atom is -0.370 e. The third-order valence-electron chi connectivity index (χ3n) is 3.44. The van der Waals surface area contributed by atoms with E-state index in [-0.39, 0.29) is 23.1 Å². The second-order valence-electron chi connectivity index (χ2n) is 4.94. The van der Waals surface area contributed by atoms with Crippen molar-refractivity contribution in [3.8, 4) is 0 Å². The molecule has 7 nitrogen and oxygen atoms in total. The molecule has 1 amide bonds. The van der Waals surface area contributed by atoms with Gasteiger partial charge in [0.2, 0.25) is 0 Å². The van der Waals surface area contributed by atoms with Crippen LogP contribution in [-0.2, 0) is 0 Å². The van der Waals surface area contributed by atoms with E-state index in [0.717, 1.165) is 12.8 Å². The first-order chi connectivity index (χ1) is 9.90. The average Bonchev–Trinajstić information content (AvgIpc) is 2.90. The molecule has 2 rings (SSSR count). The zero-order chi connectivity index (χ0) is 15.6. The van der Waals surface area contributed by atoms with Gasteiger partial charge in [0.1, 0.15) is 0 Å². The van der Waals surface area contributed by atoms with Crippen molar-refractivity contribution in [1.29, 1.82) is 0 Å². The third kappa shape index (κ3) is 3.07. The monoisotopic (exact) mass is 288 g/mol. The molecule has 0 aromatic heterocycles. The highest BCUT2D eigenvalue weighted by Gasteiger charge is 2.25. The molecule has 0 saturated heterocycles. The molecule has 0 fully saturated rings. The molecule has 1 aromatic carbocycles. The zero-order valence-corrected chi connectivity index (χ0v) is 11.6. The molecule has 0 radical (unpaired) electrons. The zero-order valence-electron chi connectivity index (χ0n) is 11.6. The number of benzene rings is 1. The molecule has 21 heavy (non-hydrogen) atoms. The van der Waals surface area contributed by atoms with Crippen molar-refractivity contribution >= 4 is 17.6 Å². The number of hydrogen-bond acceptors (Lipinski definition) is 3. The number of nitro groups is 1. The Labute approximate surface area is 121 Å². The number of nitrogens with zero attached hydrogens (tertiary/aromatic N) is 2. The van der Waals surface area contributed by atoms with E-state index in [1.165, 1.54) is 6.07 Å². The largest absolute Gasteiger partial charge is 0.370 e. The molecule has 0 spiro atoms. The van der Waals surface area contributed by atoms with Gasteiger partial charge in [-0.05, 0) is 31.4 Å². The van der Waals surface area contributed by atoms with Crippen LogP contribution in [0.2, 0.25) is 0 Å². The smallest absolute Gasteiger partial charge is 0.280 e. The van der Waals surface area contributed by atoms with E-state index in [1.807, 2.05) is 12.2 Å². The quantitative estimate of drug-likeness (QED) is 0.288. The van der Waals surface area contributed by atoms with E-state index in [4.69, 9.17) is 11.5 Å².